The predicted molar refractivity (Wildman–Crippen MR) is 101 cm³/mol. The van der Waals surface area contributed by atoms with Gasteiger partial charge in [-0.05, 0) is 37.3 Å². The lowest BCUT2D eigenvalue weighted by molar-refractivity contribution is 0.0529. The highest BCUT2D eigenvalue weighted by molar-refractivity contribution is 5.85. The van der Waals surface area contributed by atoms with Gasteiger partial charge < -0.3 is 10.1 Å². The number of hydrogen-bond acceptors (Lipinski definition) is 2. The van der Waals surface area contributed by atoms with Crippen molar-refractivity contribution in [2.24, 2.45) is 0 Å². The highest BCUT2D eigenvalue weighted by Crippen LogP contribution is 2.14. The van der Waals surface area contributed by atoms with Crippen LogP contribution in [0.2, 0.25) is 0 Å². The number of ether oxygens (including phenoxy) is 1. The molecule has 0 saturated carbocycles. The maximum absolute atomic E-state index is 5.97. The van der Waals surface area contributed by atoms with E-state index >= 15 is 0 Å². The molecule has 1 saturated heterocycles. The number of hydrogen-bond donors (Lipinski definition) is 1. The number of nitrogens with one attached hydrogen (secondary N) is 1. The van der Waals surface area contributed by atoms with Gasteiger partial charge >= 0.3 is 0 Å². The molecule has 1 aliphatic heterocycles. The van der Waals surface area contributed by atoms with Gasteiger partial charge in [-0.2, -0.15) is 0 Å². The van der Waals surface area contributed by atoms with Gasteiger partial charge in [0, 0.05) is 12.6 Å². The van der Waals surface area contributed by atoms with Crippen LogP contribution in [-0.2, 0) is 17.8 Å². The fourth-order valence-corrected chi connectivity index (χ4v) is 3.15. The van der Waals surface area contributed by atoms with Crippen molar-refractivity contribution in [2.45, 2.75) is 84.0 Å². The molecule has 1 fully saturated rings. The second-order valence-electron chi connectivity index (χ2n) is 6.81. The largest absolute Gasteiger partial charge is 0.372 e. The number of unbranched alkanes of at least 4 members (excludes halogenated alkanes) is 5. The van der Waals surface area contributed by atoms with Gasteiger partial charge in [0.15, 0.2) is 0 Å². The van der Waals surface area contributed by atoms with Crippen LogP contribution in [0, 0.1) is 0 Å². The minimum Gasteiger partial charge on any atom is -0.372 e. The molecule has 1 aromatic carbocycles. The monoisotopic (exact) mass is 339 g/mol. The van der Waals surface area contributed by atoms with Gasteiger partial charge in [-0.25, -0.2) is 0 Å². The molecule has 0 unspecified atom stereocenters. The Bertz CT molecular complexity index is 407. The van der Waals surface area contributed by atoms with Gasteiger partial charge in [0.2, 0.25) is 0 Å². The molecule has 1 aliphatic rings. The molecule has 0 aromatic heterocycles. The van der Waals surface area contributed by atoms with Crippen LogP contribution in [0.5, 0.6) is 0 Å². The summed E-state index contributed by atoms with van der Waals surface area (Å²) in [6, 6.07) is 9.63. The average molecular weight is 340 g/mol. The van der Waals surface area contributed by atoms with Gasteiger partial charge in [-0.3, -0.25) is 0 Å². The zero-order valence-corrected chi connectivity index (χ0v) is 15.7. The van der Waals surface area contributed by atoms with Gasteiger partial charge in [0.05, 0.1) is 12.7 Å². The predicted octanol–water partition coefficient (Wildman–Crippen LogP) is 5.28. The van der Waals surface area contributed by atoms with E-state index in [1.54, 1.807) is 0 Å². The van der Waals surface area contributed by atoms with Crippen molar-refractivity contribution in [2.75, 3.05) is 6.54 Å². The first-order valence-corrected chi connectivity index (χ1v) is 9.20. The Labute approximate surface area is 148 Å². The molecule has 132 valence electrons. The molecule has 2 nitrogen and oxygen atoms in total. The average Bonchev–Trinajstić information content (AvgIpc) is 2.95. The van der Waals surface area contributed by atoms with Crippen LogP contribution in [-0.4, -0.2) is 18.7 Å². The number of rotatable bonds is 10. The summed E-state index contributed by atoms with van der Waals surface area (Å²) in [5.41, 5.74) is 2.77. The number of benzene rings is 1. The van der Waals surface area contributed by atoms with Crippen LogP contribution in [0.15, 0.2) is 24.3 Å². The molecule has 23 heavy (non-hydrogen) atoms. The molecule has 0 bridgehead atoms. The molecule has 1 heterocycles. The Morgan fingerprint density at radius 3 is 2.30 bits per heavy atom. The normalized spacial score (nSPS) is 20.4. The molecule has 2 rings (SSSR count). The minimum absolute atomic E-state index is 0. The van der Waals surface area contributed by atoms with Crippen LogP contribution >= 0.6 is 12.4 Å². The molecule has 3 heteroatoms. The lowest BCUT2D eigenvalue weighted by Gasteiger charge is -2.11. The Morgan fingerprint density at radius 1 is 1.00 bits per heavy atom. The fourth-order valence-electron chi connectivity index (χ4n) is 3.15. The third-order valence-corrected chi connectivity index (χ3v) is 4.64. The molecular weight excluding hydrogens is 306 g/mol. The van der Waals surface area contributed by atoms with E-state index in [1.807, 2.05) is 0 Å². The SMILES string of the molecule is CCCCCCCCc1ccc(CO[C@@H]2CN[C@@H](C)C2)cc1.Cl. The van der Waals surface area contributed by atoms with E-state index in [0.717, 1.165) is 19.6 Å². The standard InChI is InChI=1S/C20H33NO.ClH/c1-3-4-5-6-7-8-9-18-10-12-19(13-11-18)16-22-20-14-17(2)21-15-20;/h10-13,17,20-21H,3-9,14-16H2,1-2H3;1H/t17-,20-;/m0./s1. The minimum atomic E-state index is 0. The second kappa shape index (κ2) is 11.9. The topological polar surface area (TPSA) is 21.3 Å². The van der Waals surface area contributed by atoms with Crippen molar-refractivity contribution in [1.82, 2.24) is 5.32 Å². The van der Waals surface area contributed by atoms with E-state index in [-0.39, 0.29) is 12.4 Å². The summed E-state index contributed by atoms with van der Waals surface area (Å²) in [6.45, 7) is 6.24. The Morgan fingerprint density at radius 2 is 1.65 bits per heavy atom. The third-order valence-electron chi connectivity index (χ3n) is 4.64. The highest BCUT2D eigenvalue weighted by Gasteiger charge is 2.20. The number of halogens is 1. The van der Waals surface area contributed by atoms with Crippen LogP contribution in [0.25, 0.3) is 0 Å². The number of aryl methyl sites for hydroxylation is 1. The van der Waals surface area contributed by atoms with Crippen LogP contribution in [0.1, 0.15) is 69.9 Å². The fraction of sp³-hybridized carbons (Fsp3) is 0.700. The zero-order chi connectivity index (χ0) is 15.6. The summed E-state index contributed by atoms with van der Waals surface area (Å²) in [5, 5.41) is 3.43. The van der Waals surface area contributed by atoms with Crippen molar-refractivity contribution in [3.8, 4) is 0 Å². The first-order chi connectivity index (χ1) is 10.8. The molecule has 0 spiro atoms. The van der Waals surface area contributed by atoms with Crippen LogP contribution in [0.3, 0.4) is 0 Å². The Kier molecular flexibility index (Phi) is 10.6. The molecule has 1 N–H and O–H groups in total. The highest BCUT2D eigenvalue weighted by atomic mass is 35.5. The summed E-state index contributed by atoms with van der Waals surface area (Å²) in [6.07, 6.45) is 11.0. The van der Waals surface area contributed by atoms with E-state index in [4.69, 9.17) is 4.74 Å². The molecule has 0 radical (unpaired) electrons. The van der Waals surface area contributed by atoms with Gasteiger partial charge in [0.1, 0.15) is 0 Å². The molecule has 0 amide bonds. The quantitative estimate of drug-likeness (QED) is 0.586. The van der Waals surface area contributed by atoms with Crippen molar-refractivity contribution >= 4 is 12.4 Å². The van der Waals surface area contributed by atoms with Gasteiger partial charge in [-0.1, -0.05) is 63.3 Å². The molecule has 1 aromatic rings. The van der Waals surface area contributed by atoms with E-state index < -0.39 is 0 Å². The molecule has 2 atom stereocenters. The van der Waals surface area contributed by atoms with E-state index in [0.29, 0.717) is 12.1 Å². The summed E-state index contributed by atoms with van der Waals surface area (Å²) in [7, 11) is 0. The lowest BCUT2D eigenvalue weighted by atomic mass is 10.0. The summed E-state index contributed by atoms with van der Waals surface area (Å²) >= 11 is 0. The maximum atomic E-state index is 5.97. The van der Waals surface area contributed by atoms with E-state index in [9.17, 15) is 0 Å². The van der Waals surface area contributed by atoms with Crippen molar-refractivity contribution in [1.29, 1.82) is 0 Å². The van der Waals surface area contributed by atoms with Crippen LogP contribution < -0.4 is 5.32 Å². The second-order valence-corrected chi connectivity index (χ2v) is 6.81. The summed E-state index contributed by atoms with van der Waals surface area (Å²) in [5.74, 6) is 0. The van der Waals surface area contributed by atoms with Crippen molar-refractivity contribution < 1.29 is 4.74 Å². The smallest absolute Gasteiger partial charge is 0.0721 e. The van der Waals surface area contributed by atoms with E-state index in [2.05, 4.69) is 43.4 Å². The lowest BCUT2D eigenvalue weighted by Crippen LogP contribution is -2.18. The third kappa shape index (κ3) is 8.19. The van der Waals surface area contributed by atoms with Gasteiger partial charge in [0.25, 0.3) is 0 Å². The Balaban J connectivity index is 0.00000264. The van der Waals surface area contributed by atoms with E-state index in [1.165, 1.54) is 56.1 Å². The first-order valence-electron chi connectivity index (χ1n) is 9.20. The first kappa shape index (κ1) is 20.5. The molecular formula is C20H34ClNO. The molecule has 0 aliphatic carbocycles. The summed E-state index contributed by atoms with van der Waals surface area (Å²) in [4.78, 5) is 0. The zero-order valence-electron chi connectivity index (χ0n) is 14.9. The Hall–Kier alpha value is -0.570. The summed E-state index contributed by atoms with van der Waals surface area (Å²) < 4.78 is 5.97. The van der Waals surface area contributed by atoms with Gasteiger partial charge in [-0.15, -0.1) is 12.4 Å². The van der Waals surface area contributed by atoms with Crippen LogP contribution in [0.4, 0.5) is 0 Å². The van der Waals surface area contributed by atoms with Crippen molar-refractivity contribution in [3.63, 3.8) is 0 Å². The maximum Gasteiger partial charge on any atom is 0.0721 e. The van der Waals surface area contributed by atoms with Crippen molar-refractivity contribution in [3.05, 3.63) is 35.4 Å².